The molecule has 10 heteroatoms. The van der Waals surface area contributed by atoms with Crippen molar-refractivity contribution in [3.8, 4) is 0 Å². The summed E-state index contributed by atoms with van der Waals surface area (Å²) in [6.45, 7) is 4.30. The molecule has 27 heavy (non-hydrogen) atoms. The smallest absolute Gasteiger partial charge is 0.0808 e. The van der Waals surface area contributed by atoms with Crippen LogP contribution in [0.3, 0.4) is 0 Å². The fourth-order valence-electron chi connectivity index (χ4n) is 1.80. The highest BCUT2D eigenvalue weighted by molar-refractivity contribution is 9.28. The summed E-state index contributed by atoms with van der Waals surface area (Å²) in [5, 5.41) is 0. The van der Waals surface area contributed by atoms with Gasteiger partial charge in [-0.15, -0.1) is 0 Å². The van der Waals surface area contributed by atoms with E-state index in [1.807, 2.05) is 0 Å². The summed E-state index contributed by atoms with van der Waals surface area (Å²) in [7, 11) is 0. The molecule has 3 aliphatic carbocycles. The average Bonchev–Trinajstić information content (AvgIpc) is 3.28. The van der Waals surface area contributed by atoms with Gasteiger partial charge in [0.15, 0.2) is 0 Å². The highest BCUT2D eigenvalue weighted by atomic mass is 79.9. The summed E-state index contributed by atoms with van der Waals surface area (Å²) in [4.78, 5) is 0. The van der Waals surface area contributed by atoms with Crippen LogP contribution in [0.4, 0.5) is 0 Å². The quantitative estimate of drug-likeness (QED) is 0.212. The summed E-state index contributed by atoms with van der Waals surface area (Å²) >= 11 is 34.8. The number of alkyl halides is 2. The van der Waals surface area contributed by atoms with Gasteiger partial charge in [0.2, 0.25) is 0 Å². The Morgan fingerprint density at radius 1 is 0.593 bits per heavy atom. The maximum atomic E-state index is 3.54. The van der Waals surface area contributed by atoms with Crippen molar-refractivity contribution in [1.82, 2.24) is 0 Å². The Kier molecular flexibility index (Phi) is 12.5. The minimum atomic E-state index is -0.322. The van der Waals surface area contributed by atoms with Crippen LogP contribution in [0, 0.1) is 5.41 Å². The molecule has 0 fully saturated rings. The largest absolute Gasteiger partial charge is 0.145 e. The van der Waals surface area contributed by atoms with Crippen LogP contribution in [-0.4, -0.2) is 3.23 Å². The van der Waals surface area contributed by atoms with E-state index in [1.54, 1.807) is 0 Å². The van der Waals surface area contributed by atoms with Crippen LogP contribution in [0.1, 0.15) is 20.3 Å². The second kappa shape index (κ2) is 11.9. The van der Waals surface area contributed by atoms with Crippen molar-refractivity contribution in [3.63, 3.8) is 0 Å². The molecular weight excluding hydrogens is 1000 g/mol. The van der Waals surface area contributed by atoms with Crippen molar-refractivity contribution in [1.29, 1.82) is 0 Å². The Morgan fingerprint density at radius 2 is 0.889 bits per heavy atom. The second-order valence-electron chi connectivity index (χ2n) is 5.80. The number of hydrogen-bond donors (Lipinski definition) is 0. The molecule has 0 saturated carbocycles. The molecule has 0 nitrogen and oxygen atoms in total. The van der Waals surface area contributed by atoms with Crippen molar-refractivity contribution in [2.75, 3.05) is 0 Å². The van der Waals surface area contributed by atoms with E-state index in [0.29, 0.717) is 0 Å². The fourth-order valence-corrected chi connectivity index (χ4v) is 9.21. The van der Waals surface area contributed by atoms with Gasteiger partial charge in [-0.05, 0) is 70.1 Å². The van der Waals surface area contributed by atoms with E-state index < -0.39 is 0 Å². The molecule has 0 heterocycles. The summed E-state index contributed by atoms with van der Waals surface area (Å²) in [6, 6.07) is 0. The maximum Gasteiger partial charge on any atom is 0.145 e. The molecule has 0 unspecified atom stereocenters. The van der Waals surface area contributed by atoms with Gasteiger partial charge in [0, 0.05) is 41.3 Å². The van der Waals surface area contributed by atoms with Gasteiger partial charge in [0.1, 0.15) is 3.23 Å². The molecule has 150 valence electrons. The van der Waals surface area contributed by atoms with Crippen LogP contribution in [0.5, 0.6) is 0 Å². The molecule has 0 aromatic carbocycles. The van der Waals surface area contributed by atoms with Crippen molar-refractivity contribution in [2.45, 2.75) is 23.5 Å². The third-order valence-corrected chi connectivity index (χ3v) is 18.3. The molecule has 0 spiro atoms. The average molecular weight is 1020 g/mol. The van der Waals surface area contributed by atoms with E-state index in [4.69, 9.17) is 0 Å². The Balaban J connectivity index is 0.000000216. The molecule has 0 aromatic rings. The number of halogens is 10. The van der Waals surface area contributed by atoms with Gasteiger partial charge in [-0.3, -0.25) is 0 Å². The zero-order valence-electron chi connectivity index (χ0n) is 13.8. The molecule has 0 amide bonds. The molecule has 0 saturated heterocycles. The van der Waals surface area contributed by atoms with Gasteiger partial charge in [-0.2, -0.15) is 0 Å². The summed E-state index contributed by atoms with van der Waals surface area (Å²) in [5.74, 6) is 0. The summed E-state index contributed by atoms with van der Waals surface area (Å²) in [5.41, 5.74) is 0.0532. The molecule has 0 atom stereocenters. The third kappa shape index (κ3) is 6.86. The predicted molar refractivity (Wildman–Crippen MR) is 157 cm³/mol. The van der Waals surface area contributed by atoms with Crippen LogP contribution in [0.15, 0.2) is 60.2 Å². The van der Waals surface area contributed by atoms with E-state index in [1.165, 1.54) is 8.96 Å². The van der Waals surface area contributed by atoms with E-state index in [0.717, 1.165) is 33.3 Å². The van der Waals surface area contributed by atoms with Crippen LogP contribution in [-0.2, 0) is 0 Å². The zero-order chi connectivity index (χ0) is 21.2. The standard InChI is InChI=1S/C7H6Br4.C5Br6.C5H6/c1-7(2)5(10)3(8)4(9)6(7)11;6-1-2(7)4(9)5(10,11)3(1)8;1-2-4-5-3-1/h1-2H3;;1-4H,5H2. The normalized spacial score (nSPS) is 22.4. The molecule has 3 rings (SSSR count). The third-order valence-electron chi connectivity index (χ3n) is 3.46. The van der Waals surface area contributed by atoms with E-state index in [9.17, 15) is 0 Å². The Bertz CT molecular complexity index is 673. The van der Waals surface area contributed by atoms with Crippen LogP contribution < -0.4 is 0 Å². The van der Waals surface area contributed by atoms with Crippen molar-refractivity contribution in [2.24, 2.45) is 5.41 Å². The topological polar surface area (TPSA) is 0 Å². The van der Waals surface area contributed by atoms with Gasteiger partial charge >= 0.3 is 0 Å². The van der Waals surface area contributed by atoms with Crippen molar-refractivity contribution < 1.29 is 0 Å². The Morgan fingerprint density at radius 3 is 1.00 bits per heavy atom. The summed E-state index contributed by atoms with van der Waals surface area (Å²) < 4.78 is 8.21. The van der Waals surface area contributed by atoms with Gasteiger partial charge in [0.05, 0.1) is 0 Å². The predicted octanol–water partition coefficient (Wildman–Crippen LogP) is 12.0. The lowest BCUT2D eigenvalue weighted by Crippen LogP contribution is -2.07. The lowest BCUT2D eigenvalue weighted by Gasteiger charge is -2.19. The molecule has 0 aliphatic heterocycles. The first kappa shape index (κ1) is 28.3. The second-order valence-corrected chi connectivity index (χ2v) is 15.6. The maximum absolute atomic E-state index is 3.54. The number of allylic oxidation sites excluding steroid dienone is 12. The van der Waals surface area contributed by atoms with Crippen LogP contribution >= 0.6 is 159 Å². The van der Waals surface area contributed by atoms with E-state index in [2.05, 4.69) is 197 Å². The summed E-state index contributed by atoms with van der Waals surface area (Å²) in [6.07, 6.45) is 9.50. The molecule has 0 radical (unpaired) electrons. The first-order valence-electron chi connectivity index (χ1n) is 7.21. The Hall–Kier alpha value is 3.24. The van der Waals surface area contributed by atoms with Crippen molar-refractivity contribution in [3.05, 3.63) is 60.2 Å². The van der Waals surface area contributed by atoms with Gasteiger partial charge in [-0.1, -0.05) is 134 Å². The monoisotopic (exact) mass is 1010 g/mol. The number of rotatable bonds is 0. The van der Waals surface area contributed by atoms with Crippen LogP contribution in [0.25, 0.3) is 0 Å². The van der Waals surface area contributed by atoms with Gasteiger partial charge in [0.25, 0.3) is 0 Å². The lowest BCUT2D eigenvalue weighted by atomic mass is 9.97. The first-order chi connectivity index (χ1) is 12.3. The SMILES string of the molecule is BrC1=C(Br)C(Br)(Br)C(Br)=C1Br.C1=CCC=C1.CC1(C)C(Br)=C(Br)C(Br)=C1Br. The molecule has 0 aromatic heterocycles. The first-order valence-corrected chi connectivity index (χ1v) is 15.1. The van der Waals surface area contributed by atoms with Crippen molar-refractivity contribution >= 4 is 159 Å². The molecular formula is C17H12Br10. The van der Waals surface area contributed by atoms with Gasteiger partial charge in [-0.25, -0.2) is 0 Å². The zero-order valence-corrected chi connectivity index (χ0v) is 29.7. The Labute approximate surface area is 244 Å². The molecule has 0 N–H and O–H groups in total. The van der Waals surface area contributed by atoms with E-state index in [-0.39, 0.29) is 8.65 Å². The minimum absolute atomic E-state index is 0.0532. The molecule has 0 bridgehead atoms. The van der Waals surface area contributed by atoms with Crippen LogP contribution in [0.2, 0.25) is 0 Å². The highest BCUT2D eigenvalue weighted by Crippen LogP contribution is 2.58. The highest BCUT2D eigenvalue weighted by Gasteiger charge is 2.40. The lowest BCUT2D eigenvalue weighted by molar-refractivity contribution is 0.618. The minimum Gasteiger partial charge on any atom is -0.0808 e. The van der Waals surface area contributed by atoms with E-state index >= 15 is 0 Å². The fraction of sp³-hybridized carbons (Fsp3) is 0.294. The number of hydrogen-bond acceptors (Lipinski definition) is 0. The van der Waals surface area contributed by atoms with Gasteiger partial charge < -0.3 is 0 Å². The molecule has 3 aliphatic rings.